The highest BCUT2D eigenvalue weighted by atomic mass is 32.2. The van der Waals surface area contributed by atoms with Crippen molar-refractivity contribution in [2.75, 3.05) is 13.1 Å². The maximum absolute atomic E-state index is 12.9. The van der Waals surface area contributed by atoms with Crippen molar-refractivity contribution in [1.29, 1.82) is 0 Å². The molecule has 0 aliphatic carbocycles. The number of benzene rings is 1. The van der Waals surface area contributed by atoms with Gasteiger partial charge in [0, 0.05) is 19.0 Å². The molecule has 0 saturated carbocycles. The molecule has 2 aliphatic rings. The van der Waals surface area contributed by atoms with Crippen LogP contribution in [-0.4, -0.2) is 43.5 Å². The lowest BCUT2D eigenvalue weighted by atomic mass is 9.97. The van der Waals surface area contributed by atoms with E-state index in [0.29, 0.717) is 25.1 Å². The molecule has 1 saturated heterocycles. The maximum Gasteiger partial charge on any atom is 0.258 e. The summed E-state index contributed by atoms with van der Waals surface area (Å²) in [5.41, 5.74) is 0.226. The van der Waals surface area contributed by atoms with Crippen LogP contribution in [0.3, 0.4) is 0 Å². The third-order valence-corrected chi connectivity index (χ3v) is 7.08. The number of fused-ring (bicyclic) bond motifs is 1. The topological polar surface area (TPSA) is 126 Å². The van der Waals surface area contributed by atoms with Crippen LogP contribution in [0, 0.1) is 5.92 Å². The Hall–Kier alpha value is -2.98. The zero-order valence-corrected chi connectivity index (χ0v) is 16.2. The fourth-order valence-electron chi connectivity index (χ4n) is 3.55. The summed E-state index contributed by atoms with van der Waals surface area (Å²) in [6.45, 7) is 0.688. The van der Waals surface area contributed by atoms with Gasteiger partial charge < -0.3 is 9.73 Å². The van der Waals surface area contributed by atoms with E-state index in [1.54, 1.807) is 12.1 Å². The fourth-order valence-corrected chi connectivity index (χ4v) is 5.04. The molecular formula is C19H19N3O6S. The van der Waals surface area contributed by atoms with Crippen molar-refractivity contribution >= 4 is 27.7 Å². The lowest BCUT2D eigenvalue weighted by molar-refractivity contribution is -0.126. The molecule has 1 aromatic heterocycles. The van der Waals surface area contributed by atoms with E-state index >= 15 is 0 Å². The first kappa shape index (κ1) is 19.3. The molecule has 0 bridgehead atoms. The summed E-state index contributed by atoms with van der Waals surface area (Å²) in [6.07, 6.45) is 2.32. The molecule has 0 radical (unpaired) electrons. The maximum atomic E-state index is 12.9. The minimum absolute atomic E-state index is 0.0400. The Morgan fingerprint density at radius 3 is 2.55 bits per heavy atom. The summed E-state index contributed by atoms with van der Waals surface area (Å²) >= 11 is 0. The van der Waals surface area contributed by atoms with Crippen LogP contribution < -0.4 is 10.6 Å². The summed E-state index contributed by atoms with van der Waals surface area (Å²) < 4.78 is 32.3. The average molecular weight is 417 g/mol. The van der Waals surface area contributed by atoms with Gasteiger partial charge in [-0.1, -0.05) is 0 Å². The highest BCUT2D eigenvalue weighted by molar-refractivity contribution is 7.89. The first-order valence-corrected chi connectivity index (χ1v) is 10.6. The molecule has 1 aromatic carbocycles. The van der Waals surface area contributed by atoms with E-state index < -0.39 is 21.8 Å². The van der Waals surface area contributed by atoms with Gasteiger partial charge in [0.1, 0.15) is 5.76 Å². The van der Waals surface area contributed by atoms with Crippen LogP contribution in [0.25, 0.3) is 0 Å². The smallest absolute Gasteiger partial charge is 0.258 e. The van der Waals surface area contributed by atoms with E-state index in [1.165, 1.54) is 28.8 Å². The van der Waals surface area contributed by atoms with Gasteiger partial charge in [0.25, 0.3) is 11.8 Å². The van der Waals surface area contributed by atoms with E-state index in [4.69, 9.17) is 4.42 Å². The van der Waals surface area contributed by atoms with E-state index in [2.05, 4.69) is 10.6 Å². The lowest BCUT2D eigenvalue weighted by Gasteiger charge is -2.30. The van der Waals surface area contributed by atoms with Crippen molar-refractivity contribution in [2.45, 2.75) is 24.3 Å². The van der Waals surface area contributed by atoms with Gasteiger partial charge >= 0.3 is 0 Å². The number of rotatable bonds is 5. The third kappa shape index (κ3) is 3.68. The minimum Gasteiger partial charge on any atom is -0.467 e. The molecular weight excluding hydrogens is 398 g/mol. The first-order chi connectivity index (χ1) is 13.9. The summed E-state index contributed by atoms with van der Waals surface area (Å²) in [5, 5.41) is 4.94. The average Bonchev–Trinajstić information content (AvgIpc) is 3.34. The number of hydrogen-bond donors (Lipinski definition) is 2. The number of hydrogen-bond acceptors (Lipinski definition) is 6. The second-order valence-electron chi connectivity index (χ2n) is 6.97. The Morgan fingerprint density at radius 1 is 1.14 bits per heavy atom. The quantitative estimate of drug-likeness (QED) is 0.696. The molecule has 2 N–H and O–H groups in total. The molecule has 152 valence electrons. The molecule has 4 rings (SSSR count). The van der Waals surface area contributed by atoms with Crippen LogP contribution in [0.4, 0.5) is 0 Å². The zero-order chi connectivity index (χ0) is 20.6. The molecule has 1 fully saturated rings. The SMILES string of the molecule is O=C1NC(=O)c2cc(S(=O)(=O)N3CCC(C(=O)NCc4ccco4)CC3)ccc21. The number of nitrogens with one attached hydrogen (secondary N) is 2. The van der Waals surface area contributed by atoms with Gasteiger partial charge in [-0.2, -0.15) is 4.31 Å². The summed E-state index contributed by atoms with van der Waals surface area (Å²) in [5.74, 6) is -0.896. The Balaban J connectivity index is 1.40. The molecule has 0 spiro atoms. The highest BCUT2D eigenvalue weighted by Gasteiger charge is 2.34. The number of amides is 3. The molecule has 2 aromatic rings. The molecule has 2 aliphatic heterocycles. The number of carbonyl (C=O) groups excluding carboxylic acids is 3. The molecule has 29 heavy (non-hydrogen) atoms. The monoisotopic (exact) mass is 417 g/mol. The van der Waals surface area contributed by atoms with E-state index in [9.17, 15) is 22.8 Å². The zero-order valence-electron chi connectivity index (χ0n) is 15.4. The molecule has 10 heteroatoms. The van der Waals surface area contributed by atoms with Crippen LogP contribution in [0.5, 0.6) is 0 Å². The second-order valence-corrected chi connectivity index (χ2v) is 8.90. The van der Waals surface area contributed by atoms with Crippen molar-refractivity contribution in [3.05, 3.63) is 53.5 Å². The van der Waals surface area contributed by atoms with Crippen LogP contribution in [0.1, 0.15) is 39.3 Å². The van der Waals surface area contributed by atoms with Crippen LogP contribution in [0.2, 0.25) is 0 Å². The molecule has 9 nitrogen and oxygen atoms in total. The van der Waals surface area contributed by atoms with Crippen LogP contribution >= 0.6 is 0 Å². The number of carbonyl (C=O) groups is 3. The van der Waals surface area contributed by atoms with Gasteiger partial charge in [-0.15, -0.1) is 0 Å². The number of nitrogens with zero attached hydrogens (tertiary/aromatic N) is 1. The van der Waals surface area contributed by atoms with Gasteiger partial charge in [-0.3, -0.25) is 19.7 Å². The van der Waals surface area contributed by atoms with Crippen LogP contribution in [-0.2, 0) is 21.4 Å². The van der Waals surface area contributed by atoms with Crippen molar-refractivity contribution in [3.63, 3.8) is 0 Å². The van der Waals surface area contributed by atoms with E-state index in [0.717, 1.165) is 0 Å². The summed E-state index contributed by atoms with van der Waals surface area (Å²) in [6, 6.07) is 7.40. The number of sulfonamides is 1. The fraction of sp³-hybridized carbons (Fsp3) is 0.316. The molecule has 0 atom stereocenters. The first-order valence-electron chi connectivity index (χ1n) is 9.16. The van der Waals surface area contributed by atoms with E-state index in [1.807, 2.05) is 0 Å². The molecule has 3 heterocycles. The van der Waals surface area contributed by atoms with Gasteiger partial charge in [-0.05, 0) is 43.2 Å². The number of imide groups is 1. The van der Waals surface area contributed by atoms with Crippen molar-refractivity contribution in [3.8, 4) is 0 Å². The van der Waals surface area contributed by atoms with E-state index in [-0.39, 0.29) is 40.9 Å². The predicted molar refractivity (Wildman–Crippen MR) is 100 cm³/mol. The van der Waals surface area contributed by atoms with Gasteiger partial charge in [0.15, 0.2) is 0 Å². The molecule has 3 amide bonds. The Morgan fingerprint density at radius 2 is 1.86 bits per heavy atom. The number of piperidine rings is 1. The normalized spacial score (nSPS) is 17.8. The van der Waals surface area contributed by atoms with Crippen LogP contribution in [0.15, 0.2) is 45.9 Å². The minimum atomic E-state index is -3.83. The van der Waals surface area contributed by atoms with Crippen molar-refractivity contribution < 1.29 is 27.2 Å². The van der Waals surface area contributed by atoms with Crippen molar-refractivity contribution in [1.82, 2.24) is 14.9 Å². The predicted octanol–water partition coefficient (Wildman–Crippen LogP) is 0.880. The largest absolute Gasteiger partial charge is 0.467 e. The van der Waals surface area contributed by atoms with Gasteiger partial charge in [0.2, 0.25) is 15.9 Å². The van der Waals surface area contributed by atoms with Gasteiger partial charge in [-0.25, -0.2) is 8.42 Å². The second kappa shape index (κ2) is 7.45. The standard InChI is InChI=1S/C19H19N3O6S/c23-17(20-11-13-2-1-9-28-13)12-5-7-22(8-6-12)29(26,27)14-3-4-15-16(10-14)19(25)21-18(15)24/h1-4,9-10,12H,5-8,11H2,(H,20,23)(H,21,24,25). The highest BCUT2D eigenvalue weighted by Crippen LogP contribution is 2.26. The summed E-state index contributed by atoms with van der Waals surface area (Å²) in [7, 11) is -3.83. The molecule has 0 unspecified atom stereocenters. The summed E-state index contributed by atoms with van der Waals surface area (Å²) in [4.78, 5) is 35.7. The number of furan rings is 1. The van der Waals surface area contributed by atoms with Crippen molar-refractivity contribution in [2.24, 2.45) is 5.92 Å². The lowest BCUT2D eigenvalue weighted by Crippen LogP contribution is -2.42. The third-order valence-electron chi connectivity index (χ3n) is 5.19. The van der Waals surface area contributed by atoms with Gasteiger partial charge in [0.05, 0.1) is 28.8 Å². The Bertz CT molecular complexity index is 1070. The Labute approximate surface area is 167 Å². The Kier molecular flexibility index (Phi) is 4.97.